The van der Waals surface area contributed by atoms with Crippen LogP contribution in [-0.2, 0) is 9.59 Å². The number of amides is 5. The summed E-state index contributed by atoms with van der Waals surface area (Å²) >= 11 is 0. The normalized spacial score (nSPS) is 24.2. The fourth-order valence-electron chi connectivity index (χ4n) is 10.2. The lowest BCUT2D eigenvalue weighted by Crippen LogP contribution is -2.59. The second kappa shape index (κ2) is 17.4. The minimum absolute atomic E-state index is 0.0330. The van der Waals surface area contributed by atoms with E-state index in [9.17, 15) is 29.2 Å². The molecule has 0 bridgehead atoms. The number of pyridine rings is 2. The number of hydrogen-bond acceptors (Lipinski definition) is 12. The van der Waals surface area contributed by atoms with E-state index in [0.717, 1.165) is 61.4 Å². The monoisotopic (exact) mass is 852 g/mol. The number of carbonyl (C=O) groups is 5. The van der Waals surface area contributed by atoms with Gasteiger partial charge in [-0.25, -0.2) is 4.98 Å². The van der Waals surface area contributed by atoms with Crippen molar-refractivity contribution < 1.29 is 33.4 Å². The van der Waals surface area contributed by atoms with Gasteiger partial charge in [0.25, 0.3) is 17.7 Å². The zero-order valence-corrected chi connectivity index (χ0v) is 35.7. The minimum atomic E-state index is -1.07. The van der Waals surface area contributed by atoms with Crippen LogP contribution in [0.1, 0.15) is 115 Å². The Balaban J connectivity index is 0.776. The maximum Gasteiger partial charge on any atom is 0.262 e. The van der Waals surface area contributed by atoms with Gasteiger partial charge in [0.1, 0.15) is 35.5 Å². The molecule has 15 nitrogen and oxygen atoms in total. The Morgan fingerprint density at radius 3 is 2.33 bits per heavy atom. The molecule has 4 fully saturated rings. The average molecular weight is 853 g/mol. The third kappa shape index (κ3) is 8.20. The molecular weight excluding hydrogens is 801 g/mol. The summed E-state index contributed by atoms with van der Waals surface area (Å²) in [4.78, 5) is 82.6. The smallest absolute Gasteiger partial charge is 0.262 e. The van der Waals surface area contributed by atoms with Crippen molar-refractivity contribution in [1.82, 2.24) is 24.7 Å². The van der Waals surface area contributed by atoms with E-state index in [1.165, 1.54) is 11.1 Å². The van der Waals surface area contributed by atoms with Crippen molar-refractivity contribution in [3.8, 4) is 17.6 Å². The summed E-state index contributed by atoms with van der Waals surface area (Å²) in [6.07, 6.45) is 9.15. The van der Waals surface area contributed by atoms with Crippen molar-refractivity contribution in [1.29, 1.82) is 5.26 Å². The van der Waals surface area contributed by atoms with Crippen LogP contribution in [-0.4, -0.2) is 110 Å². The number of imide groups is 2. The Kier molecular flexibility index (Phi) is 11.6. The van der Waals surface area contributed by atoms with Crippen LogP contribution in [0, 0.1) is 17.2 Å². The number of carbonyl (C=O) groups excluding carboxylic acids is 5. The number of ether oxygens (including phenoxy) is 2. The number of likely N-dealkylation sites (tertiary alicyclic amines) is 1. The van der Waals surface area contributed by atoms with Crippen molar-refractivity contribution in [2.75, 3.05) is 24.5 Å². The first-order valence-electron chi connectivity index (χ1n) is 22.2. The first-order chi connectivity index (χ1) is 30.5. The van der Waals surface area contributed by atoms with Gasteiger partial charge in [0, 0.05) is 74.8 Å². The van der Waals surface area contributed by atoms with E-state index in [0.29, 0.717) is 71.8 Å². The van der Waals surface area contributed by atoms with Crippen molar-refractivity contribution in [2.45, 2.75) is 114 Å². The Bertz CT molecular complexity index is 2480. The zero-order valence-electron chi connectivity index (χ0n) is 35.7. The molecule has 63 heavy (non-hydrogen) atoms. The number of anilines is 1. The van der Waals surface area contributed by atoms with Crippen LogP contribution in [0.3, 0.4) is 0 Å². The maximum absolute atomic E-state index is 14.1. The summed E-state index contributed by atoms with van der Waals surface area (Å²) in [5.41, 5.74) is 7.26. The van der Waals surface area contributed by atoms with Crippen LogP contribution in [0.25, 0.3) is 10.9 Å². The van der Waals surface area contributed by atoms with Crippen LogP contribution in [0.5, 0.6) is 11.5 Å². The van der Waals surface area contributed by atoms with Crippen LogP contribution < -0.4 is 20.1 Å². The Morgan fingerprint density at radius 2 is 1.63 bits per heavy atom. The number of piperidine rings is 2. The molecule has 5 aliphatic rings. The summed E-state index contributed by atoms with van der Waals surface area (Å²) in [6.45, 7) is 7.25. The molecule has 2 saturated carbocycles. The van der Waals surface area contributed by atoms with Gasteiger partial charge in [-0.15, -0.1) is 0 Å². The molecule has 0 radical (unpaired) electrons. The molecule has 9 rings (SSSR count). The first-order valence-corrected chi connectivity index (χ1v) is 22.2. The van der Waals surface area contributed by atoms with Crippen LogP contribution in [0.15, 0.2) is 67.0 Å². The highest BCUT2D eigenvalue weighted by Gasteiger charge is 2.49. The third-order valence-electron chi connectivity index (χ3n) is 13.7. The molecule has 2 saturated heterocycles. The van der Waals surface area contributed by atoms with Gasteiger partial charge >= 0.3 is 0 Å². The fourth-order valence-corrected chi connectivity index (χ4v) is 10.2. The zero-order chi connectivity index (χ0) is 43.9. The molecule has 2 aromatic carbocycles. The Hall–Kier alpha value is -6.40. The highest BCUT2D eigenvalue weighted by molar-refractivity contribution is 6.23. The highest BCUT2D eigenvalue weighted by atomic mass is 16.5. The molecule has 2 N–H and O–H groups in total. The Morgan fingerprint density at radius 1 is 0.873 bits per heavy atom. The second-order valence-corrected chi connectivity index (χ2v) is 17.9. The molecule has 15 heteroatoms. The summed E-state index contributed by atoms with van der Waals surface area (Å²) in [7, 11) is 0. The average Bonchev–Trinajstić information content (AvgIpc) is 3.52. The van der Waals surface area contributed by atoms with E-state index in [1.54, 1.807) is 48.7 Å². The largest absolute Gasteiger partial charge is 0.490 e. The van der Waals surface area contributed by atoms with Gasteiger partial charge < -0.3 is 20.1 Å². The molecule has 0 spiro atoms. The number of aromatic nitrogens is 2. The fraction of sp³-hybridized carbons (Fsp3) is 0.458. The Labute approximate surface area is 366 Å². The minimum Gasteiger partial charge on any atom is -0.490 e. The van der Waals surface area contributed by atoms with Crippen LogP contribution in [0.4, 0.5) is 5.82 Å². The number of benzene rings is 2. The lowest BCUT2D eigenvalue weighted by Gasteiger charge is -2.46. The number of rotatable bonds is 12. The van der Waals surface area contributed by atoms with Crippen molar-refractivity contribution in [3.05, 3.63) is 89.2 Å². The predicted octanol–water partition coefficient (Wildman–Crippen LogP) is 5.64. The molecule has 5 amide bonds. The van der Waals surface area contributed by atoms with E-state index in [2.05, 4.69) is 39.7 Å². The third-order valence-corrected chi connectivity index (χ3v) is 13.7. The quantitative estimate of drug-likeness (QED) is 0.173. The predicted molar refractivity (Wildman–Crippen MR) is 232 cm³/mol. The van der Waals surface area contributed by atoms with E-state index in [4.69, 9.17) is 15.2 Å². The number of nitriles is 1. The second-order valence-electron chi connectivity index (χ2n) is 17.9. The molecule has 1 unspecified atom stereocenters. The van der Waals surface area contributed by atoms with E-state index < -0.39 is 29.7 Å². The van der Waals surface area contributed by atoms with Crippen LogP contribution in [0.2, 0.25) is 0 Å². The first kappa shape index (κ1) is 41.9. The molecule has 5 heterocycles. The molecule has 3 aliphatic heterocycles. The number of primary amides is 1. The summed E-state index contributed by atoms with van der Waals surface area (Å²) < 4.78 is 12.8. The van der Waals surface area contributed by atoms with E-state index >= 15 is 0 Å². The number of hydrogen-bond donors (Lipinski definition) is 1. The van der Waals surface area contributed by atoms with Crippen LogP contribution >= 0.6 is 0 Å². The molecule has 326 valence electrons. The highest BCUT2D eigenvalue weighted by Crippen LogP contribution is 2.38. The number of nitrogens with two attached hydrogens (primary N) is 1. The lowest BCUT2D eigenvalue weighted by atomic mass is 9.85. The standard InChI is InChI=1S/C48H52N8O7/c1-28(2)54(27-29-17-20-53(21-18-29)42-15-6-31(26-52-42)45(50)58)33-22-36(23-33)62-35-11-12-37-39(24-35)47(60)56(46(37)59)40-13-16-43(57)55(48(40)61)32-7-9-34(10-8-32)63-41-14-5-30(25-49)44-38(41)4-3-19-51-44/h3-6,11-12,14-15,19,24,26,28-29,32-34,36,40H,7-10,13,16-18,20-23,27H2,1-2H3,(H2,50,58). The van der Waals surface area contributed by atoms with Gasteiger partial charge in [-0.1, -0.05) is 0 Å². The topological polar surface area (TPSA) is 192 Å². The van der Waals surface area contributed by atoms with E-state index in [1.807, 2.05) is 12.1 Å². The number of fused-ring (bicyclic) bond motifs is 2. The molecule has 1 atom stereocenters. The molecule has 2 aromatic heterocycles. The van der Waals surface area contributed by atoms with Crippen molar-refractivity contribution in [3.63, 3.8) is 0 Å². The van der Waals surface area contributed by atoms with Gasteiger partial charge in [0.2, 0.25) is 11.8 Å². The summed E-state index contributed by atoms with van der Waals surface area (Å²) in [5.74, 6) is 0.188. The lowest BCUT2D eigenvalue weighted by molar-refractivity contribution is -0.155. The molecular formula is C48H52N8O7. The van der Waals surface area contributed by atoms with Gasteiger partial charge in [-0.05, 0) is 119 Å². The van der Waals surface area contributed by atoms with Gasteiger partial charge in [0.15, 0.2) is 0 Å². The summed E-state index contributed by atoms with van der Waals surface area (Å²) in [6, 6.07) is 17.2. The summed E-state index contributed by atoms with van der Waals surface area (Å²) in [5, 5.41) is 10.3. The molecule has 4 aromatic rings. The number of nitrogens with zero attached hydrogens (tertiary/aromatic N) is 7. The van der Waals surface area contributed by atoms with Crippen molar-refractivity contribution >= 4 is 46.3 Å². The van der Waals surface area contributed by atoms with Gasteiger partial charge in [-0.3, -0.25) is 43.7 Å². The van der Waals surface area contributed by atoms with Gasteiger partial charge in [-0.2, -0.15) is 5.26 Å². The SMILES string of the molecule is CC(C)N(CC1CCN(c2ccc(C(N)=O)cn2)CC1)C1CC(Oc2ccc3c(c2)C(=O)N(C2CCC(=O)N(C4CCC(Oc5ccc(C#N)c6ncccc56)CC4)C2=O)C3=O)C1. The van der Waals surface area contributed by atoms with Crippen molar-refractivity contribution in [2.24, 2.45) is 11.7 Å². The maximum atomic E-state index is 14.1. The van der Waals surface area contributed by atoms with Gasteiger partial charge in [0.05, 0.1) is 33.9 Å². The molecule has 2 aliphatic carbocycles. The van der Waals surface area contributed by atoms with E-state index in [-0.39, 0.29) is 48.1 Å².